The molecule has 0 unspecified atom stereocenters. The molecule has 4 heteroatoms. The Morgan fingerprint density at radius 2 is 2.05 bits per heavy atom. The number of aromatic nitrogens is 1. The lowest BCUT2D eigenvalue weighted by Crippen LogP contribution is -2.11. The second kappa shape index (κ2) is 6.09. The van der Waals surface area contributed by atoms with Gasteiger partial charge >= 0.3 is 0 Å². The summed E-state index contributed by atoms with van der Waals surface area (Å²) in [5.74, 6) is 0.0332. The fourth-order valence-electron chi connectivity index (χ4n) is 1.87. The van der Waals surface area contributed by atoms with Crippen molar-refractivity contribution < 1.29 is 4.79 Å². The molecule has 0 saturated heterocycles. The number of anilines is 2. The van der Waals surface area contributed by atoms with E-state index in [2.05, 4.69) is 15.6 Å². The molecule has 0 bridgehead atoms. The Morgan fingerprint density at radius 1 is 1.26 bits per heavy atom. The van der Waals surface area contributed by atoms with Gasteiger partial charge in [-0.2, -0.15) is 0 Å². The van der Waals surface area contributed by atoms with E-state index in [0.717, 1.165) is 23.5 Å². The van der Waals surface area contributed by atoms with Crippen molar-refractivity contribution in [2.75, 3.05) is 10.6 Å². The van der Waals surface area contributed by atoms with Gasteiger partial charge in [-0.05, 0) is 36.2 Å². The number of benzene rings is 1. The van der Waals surface area contributed by atoms with Crippen LogP contribution in [0.2, 0.25) is 0 Å². The minimum atomic E-state index is 0.0332. The maximum Gasteiger partial charge on any atom is 0.224 e. The normalized spacial score (nSPS) is 10.2. The smallest absolute Gasteiger partial charge is 0.224 e. The third-order valence-electron chi connectivity index (χ3n) is 3.07. The average molecular weight is 257 g/mol. The quantitative estimate of drug-likeness (QED) is 0.770. The van der Waals surface area contributed by atoms with Gasteiger partial charge in [0.2, 0.25) is 5.91 Å². The summed E-state index contributed by atoms with van der Waals surface area (Å²) in [6.45, 7) is 4.61. The van der Waals surface area contributed by atoms with E-state index in [9.17, 15) is 4.79 Å². The van der Waals surface area contributed by atoms with Gasteiger partial charge in [0.05, 0.1) is 0 Å². The zero-order chi connectivity index (χ0) is 13.7. The maximum absolute atomic E-state index is 11.5. The Balaban J connectivity index is 2.08. The zero-order valence-corrected chi connectivity index (χ0v) is 11.3. The summed E-state index contributed by atoms with van der Waals surface area (Å²) in [5.41, 5.74) is 4.16. The van der Waals surface area contributed by atoms with Gasteiger partial charge in [0.15, 0.2) is 0 Å². The SMILES string of the molecule is CCC(=O)Nc1cccc(NCc2cc[nH]c2)c1C. The number of carbonyl (C=O) groups is 1. The van der Waals surface area contributed by atoms with Crippen LogP contribution in [0.25, 0.3) is 0 Å². The number of hydrogen-bond acceptors (Lipinski definition) is 2. The van der Waals surface area contributed by atoms with Crippen LogP contribution in [0.3, 0.4) is 0 Å². The van der Waals surface area contributed by atoms with Crippen molar-refractivity contribution in [1.82, 2.24) is 4.98 Å². The number of H-pyrrole nitrogens is 1. The molecule has 0 radical (unpaired) electrons. The first-order chi connectivity index (χ1) is 9.20. The van der Waals surface area contributed by atoms with Crippen molar-refractivity contribution in [2.24, 2.45) is 0 Å². The van der Waals surface area contributed by atoms with Crippen LogP contribution in [0.1, 0.15) is 24.5 Å². The summed E-state index contributed by atoms with van der Waals surface area (Å²) in [4.78, 5) is 14.5. The van der Waals surface area contributed by atoms with Gasteiger partial charge < -0.3 is 15.6 Å². The molecule has 19 heavy (non-hydrogen) atoms. The first kappa shape index (κ1) is 13.2. The third kappa shape index (κ3) is 3.37. The molecule has 3 N–H and O–H groups in total. The van der Waals surface area contributed by atoms with Crippen LogP contribution >= 0.6 is 0 Å². The summed E-state index contributed by atoms with van der Waals surface area (Å²) < 4.78 is 0. The molecule has 1 amide bonds. The van der Waals surface area contributed by atoms with Crippen LogP contribution in [0.5, 0.6) is 0 Å². The topological polar surface area (TPSA) is 56.9 Å². The second-order valence-electron chi connectivity index (χ2n) is 4.45. The van der Waals surface area contributed by atoms with Gasteiger partial charge in [-0.25, -0.2) is 0 Å². The van der Waals surface area contributed by atoms with E-state index in [1.54, 1.807) is 0 Å². The molecule has 0 aliphatic carbocycles. The Morgan fingerprint density at radius 3 is 2.74 bits per heavy atom. The van der Waals surface area contributed by atoms with Crippen LogP contribution < -0.4 is 10.6 Å². The summed E-state index contributed by atoms with van der Waals surface area (Å²) >= 11 is 0. The first-order valence-electron chi connectivity index (χ1n) is 6.45. The Hall–Kier alpha value is -2.23. The molecular weight excluding hydrogens is 238 g/mol. The van der Waals surface area contributed by atoms with Crippen LogP contribution in [0.4, 0.5) is 11.4 Å². The van der Waals surface area contributed by atoms with Crippen LogP contribution in [-0.4, -0.2) is 10.9 Å². The predicted molar refractivity (Wildman–Crippen MR) is 78.2 cm³/mol. The lowest BCUT2D eigenvalue weighted by Gasteiger charge is -2.13. The van der Waals surface area contributed by atoms with Crippen molar-refractivity contribution >= 4 is 17.3 Å². The van der Waals surface area contributed by atoms with Crippen molar-refractivity contribution in [3.05, 3.63) is 47.8 Å². The molecule has 1 heterocycles. The van der Waals surface area contributed by atoms with Gasteiger partial charge in [-0.1, -0.05) is 13.0 Å². The monoisotopic (exact) mass is 257 g/mol. The minimum absolute atomic E-state index is 0.0332. The Kier molecular flexibility index (Phi) is 4.23. The second-order valence-corrected chi connectivity index (χ2v) is 4.45. The van der Waals surface area contributed by atoms with Gasteiger partial charge in [-0.15, -0.1) is 0 Å². The Bertz CT molecular complexity index is 547. The molecule has 1 aromatic heterocycles. The molecular formula is C15H19N3O. The van der Waals surface area contributed by atoms with Crippen molar-refractivity contribution in [1.29, 1.82) is 0 Å². The highest BCUT2D eigenvalue weighted by Crippen LogP contribution is 2.23. The summed E-state index contributed by atoms with van der Waals surface area (Å²) in [6.07, 6.45) is 4.35. The number of aromatic amines is 1. The molecule has 4 nitrogen and oxygen atoms in total. The predicted octanol–water partition coefficient (Wildman–Crippen LogP) is 3.28. The fourth-order valence-corrected chi connectivity index (χ4v) is 1.87. The van der Waals surface area contributed by atoms with Crippen molar-refractivity contribution in [3.8, 4) is 0 Å². The first-order valence-corrected chi connectivity index (χ1v) is 6.45. The highest BCUT2D eigenvalue weighted by Gasteiger charge is 2.06. The van der Waals surface area contributed by atoms with E-state index in [1.807, 2.05) is 50.5 Å². The molecule has 0 aliphatic heterocycles. The average Bonchev–Trinajstić information content (AvgIpc) is 2.93. The maximum atomic E-state index is 11.5. The standard InChI is InChI=1S/C15H19N3O/c1-3-15(19)18-14-6-4-5-13(11(14)2)17-10-12-7-8-16-9-12/h4-9,16-17H,3,10H2,1-2H3,(H,18,19). The van der Waals surface area contributed by atoms with Crippen LogP contribution in [0.15, 0.2) is 36.7 Å². The number of rotatable bonds is 5. The summed E-state index contributed by atoms with van der Waals surface area (Å²) in [7, 11) is 0. The third-order valence-corrected chi connectivity index (χ3v) is 3.07. The van der Waals surface area contributed by atoms with Gasteiger partial charge in [0.25, 0.3) is 0 Å². The molecule has 100 valence electrons. The summed E-state index contributed by atoms with van der Waals surface area (Å²) in [5, 5.41) is 6.28. The zero-order valence-electron chi connectivity index (χ0n) is 11.3. The number of hydrogen-bond donors (Lipinski definition) is 3. The van der Waals surface area contributed by atoms with Crippen molar-refractivity contribution in [3.63, 3.8) is 0 Å². The van der Waals surface area contributed by atoms with E-state index < -0.39 is 0 Å². The van der Waals surface area contributed by atoms with Crippen LogP contribution in [-0.2, 0) is 11.3 Å². The van der Waals surface area contributed by atoms with E-state index in [4.69, 9.17) is 0 Å². The van der Waals surface area contributed by atoms with Gasteiger partial charge in [0, 0.05) is 36.7 Å². The molecule has 0 atom stereocenters. The van der Waals surface area contributed by atoms with E-state index in [0.29, 0.717) is 6.42 Å². The largest absolute Gasteiger partial charge is 0.381 e. The number of carbonyl (C=O) groups excluding carboxylic acids is 1. The lowest BCUT2D eigenvalue weighted by molar-refractivity contribution is -0.115. The van der Waals surface area contributed by atoms with Gasteiger partial charge in [0.1, 0.15) is 0 Å². The number of amides is 1. The molecule has 0 spiro atoms. The van der Waals surface area contributed by atoms with Crippen LogP contribution in [0, 0.1) is 6.92 Å². The molecule has 1 aromatic carbocycles. The highest BCUT2D eigenvalue weighted by atomic mass is 16.1. The molecule has 2 aromatic rings. The number of nitrogens with one attached hydrogen (secondary N) is 3. The van der Waals surface area contributed by atoms with E-state index in [1.165, 1.54) is 5.56 Å². The minimum Gasteiger partial charge on any atom is -0.381 e. The van der Waals surface area contributed by atoms with Gasteiger partial charge in [-0.3, -0.25) is 4.79 Å². The molecule has 0 fully saturated rings. The van der Waals surface area contributed by atoms with E-state index >= 15 is 0 Å². The molecule has 0 aliphatic rings. The summed E-state index contributed by atoms with van der Waals surface area (Å²) in [6, 6.07) is 7.91. The lowest BCUT2D eigenvalue weighted by atomic mass is 10.1. The highest BCUT2D eigenvalue weighted by molar-refractivity contribution is 5.92. The van der Waals surface area contributed by atoms with Crippen molar-refractivity contribution in [2.45, 2.75) is 26.8 Å². The fraction of sp³-hybridized carbons (Fsp3) is 0.267. The van der Waals surface area contributed by atoms with E-state index in [-0.39, 0.29) is 5.91 Å². The molecule has 0 saturated carbocycles. The Labute approximate surface area is 113 Å². The molecule has 2 rings (SSSR count).